The van der Waals surface area contributed by atoms with E-state index in [0.717, 1.165) is 17.0 Å². The van der Waals surface area contributed by atoms with Crippen LogP contribution in [0.3, 0.4) is 0 Å². The van der Waals surface area contributed by atoms with Crippen LogP contribution < -0.4 is 20.9 Å². The molecule has 29 heavy (non-hydrogen) atoms. The summed E-state index contributed by atoms with van der Waals surface area (Å²) in [4.78, 5) is 21.2. The van der Waals surface area contributed by atoms with Gasteiger partial charge in [-0.05, 0) is 29.8 Å². The van der Waals surface area contributed by atoms with Crippen molar-refractivity contribution in [1.29, 1.82) is 0 Å². The molecule has 0 amide bonds. The summed E-state index contributed by atoms with van der Waals surface area (Å²) in [5.74, 6) is 1.48. The number of ether oxygens (including phenoxy) is 1. The van der Waals surface area contributed by atoms with Gasteiger partial charge in [0.1, 0.15) is 5.75 Å². The summed E-state index contributed by atoms with van der Waals surface area (Å²) in [6.07, 6.45) is 0. The van der Waals surface area contributed by atoms with E-state index < -0.39 is 0 Å². The number of nitrogens with one attached hydrogen (secondary N) is 3. The summed E-state index contributed by atoms with van der Waals surface area (Å²) in [5.41, 5.74) is 2.21. The standard InChI is InChI=1S/C20H19ClN6O2/c1-29-17-5-3-2-4-16(17)22-12-15-10-18(28)27-20(24-15)25-19(26-27)23-11-13-6-8-14(21)9-7-13/h2-10,22H,11-12H2,1H3,(H2,23,24,25,26). The van der Waals surface area contributed by atoms with Gasteiger partial charge in [-0.15, -0.1) is 0 Å². The third-order valence-corrected chi connectivity index (χ3v) is 4.58. The number of nitrogens with zero attached hydrogens (tertiary/aromatic N) is 3. The Balaban J connectivity index is 1.49. The third-order valence-electron chi connectivity index (χ3n) is 4.32. The predicted octanol–water partition coefficient (Wildman–Crippen LogP) is 3.30. The van der Waals surface area contributed by atoms with Crippen molar-refractivity contribution in [2.45, 2.75) is 13.1 Å². The molecule has 0 unspecified atom stereocenters. The molecule has 2 aromatic heterocycles. The van der Waals surface area contributed by atoms with Crippen molar-refractivity contribution in [2.75, 3.05) is 17.7 Å². The van der Waals surface area contributed by atoms with Crippen molar-refractivity contribution >= 4 is 29.0 Å². The monoisotopic (exact) mass is 410 g/mol. The van der Waals surface area contributed by atoms with Gasteiger partial charge in [0.15, 0.2) is 0 Å². The maximum atomic E-state index is 12.4. The maximum absolute atomic E-state index is 12.4. The summed E-state index contributed by atoms with van der Waals surface area (Å²) in [6, 6.07) is 16.5. The quantitative estimate of drug-likeness (QED) is 0.432. The fourth-order valence-electron chi connectivity index (χ4n) is 2.86. The van der Waals surface area contributed by atoms with Gasteiger partial charge in [-0.3, -0.25) is 9.89 Å². The number of H-pyrrole nitrogens is 1. The second-order valence-corrected chi connectivity index (χ2v) is 6.76. The van der Waals surface area contributed by atoms with Gasteiger partial charge in [-0.1, -0.05) is 35.9 Å². The SMILES string of the molecule is COc1ccccc1NCc1cc(=O)n2[nH]c(NCc3ccc(Cl)cc3)nc2n1. The lowest BCUT2D eigenvalue weighted by molar-refractivity contribution is 0.416. The van der Waals surface area contributed by atoms with Gasteiger partial charge < -0.3 is 15.4 Å². The number of hydrogen-bond donors (Lipinski definition) is 3. The van der Waals surface area contributed by atoms with Crippen molar-refractivity contribution in [2.24, 2.45) is 0 Å². The van der Waals surface area contributed by atoms with Crippen LogP contribution in [0.25, 0.3) is 5.78 Å². The van der Waals surface area contributed by atoms with Crippen LogP contribution >= 0.6 is 11.6 Å². The van der Waals surface area contributed by atoms with Gasteiger partial charge >= 0.3 is 0 Å². The van der Waals surface area contributed by atoms with E-state index >= 15 is 0 Å². The molecule has 4 rings (SSSR count). The summed E-state index contributed by atoms with van der Waals surface area (Å²) in [6.45, 7) is 0.903. The summed E-state index contributed by atoms with van der Waals surface area (Å²) in [5, 5.41) is 9.98. The van der Waals surface area contributed by atoms with Crippen LogP contribution in [0, 0.1) is 0 Å². The highest BCUT2D eigenvalue weighted by Gasteiger charge is 2.09. The van der Waals surface area contributed by atoms with E-state index in [-0.39, 0.29) is 5.56 Å². The highest BCUT2D eigenvalue weighted by Crippen LogP contribution is 2.23. The van der Waals surface area contributed by atoms with Gasteiger partial charge in [0, 0.05) is 17.6 Å². The van der Waals surface area contributed by atoms with E-state index in [4.69, 9.17) is 16.3 Å². The van der Waals surface area contributed by atoms with Crippen LogP contribution in [0.5, 0.6) is 5.75 Å². The Kier molecular flexibility index (Phi) is 5.35. The molecule has 0 atom stereocenters. The third kappa shape index (κ3) is 4.33. The molecule has 4 aromatic rings. The zero-order valence-electron chi connectivity index (χ0n) is 15.6. The molecule has 0 radical (unpaired) electrons. The Labute approximate surface area is 171 Å². The Morgan fingerprint density at radius 2 is 1.86 bits per heavy atom. The number of aromatic nitrogens is 4. The first kappa shape index (κ1) is 18.8. The predicted molar refractivity (Wildman–Crippen MR) is 113 cm³/mol. The van der Waals surface area contributed by atoms with Crippen LogP contribution in [0.1, 0.15) is 11.3 Å². The topological polar surface area (TPSA) is 96.3 Å². The second-order valence-electron chi connectivity index (χ2n) is 6.33. The Hall–Kier alpha value is -3.52. The van der Waals surface area contributed by atoms with E-state index in [1.54, 1.807) is 7.11 Å². The zero-order chi connectivity index (χ0) is 20.2. The lowest BCUT2D eigenvalue weighted by Crippen LogP contribution is -2.17. The first-order chi connectivity index (χ1) is 14.1. The fraction of sp³-hybridized carbons (Fsp3) is 0.150. The van der Waals surface area contributed by atoms with E-state index in [2.05, 4.69) is 25.7 Å². The molecule has 0 bridgehead atoms. The number of benzene rings is 2. The van der Waals surface area contributed by atoms with Gasteiger partial charge in [-0.25, -0.2) is 4.98 Å². The molecule has 2 heterocycles. The van der Waals surface area contributed by atoms with Crippen LogP contribution in [0.4, 0.5) is 11.6 Å². The molecule has 9 heteroatoms. The number of hydrogen-bond acceptors (Lipinski definition) is 6. The van der Waals surface area contributed by atoms with Crippen molar-refractivity contribution in [3.8, 4) is 5.75 Å². The van der Waals surface area contributed by atoms with Gasteiger partial charge in [0.2, 0.25) is 5.95 Å². The average Bonchev–Trinajstić information content (AvgIpc) is 3.16. The number of para-hydroxylation sites is 2. The van der Waals surface area contributed by atoms with Gasteiger partial charge in [0.05, 0.1) is 25.0 Å². The molecule has 0 spiro atoms. The number of halogens is 1. The molecule has 0 aliphatic heterocycles. The Morgan fingerprint density at radius 1 is 1.07 bits per heavy atom. The van der Waals surface area contributed by atoms with Gasteiger partial charge in [-0.2, -0.15) is 9.50 Å². The lowest BCUT2D eigenvalue weighted by atomic mass is 10.2. The number of rotatable bonds is 7. The highest BCUT2D eigenvalue weighted by atomic mass is 35.5. The van der Waals surface area contributed by atoms with Crippen molar-refractivity contribution in [3.63, 3.8) is 0 Å². The molecule has 2 aromatic carbocycles. The normalized spacial score (nSPS) is 10.8. The molecule has 0 saturated heterocycles. The number of fused-ring (bicyclic) bond motifs is 1. The summed E-state index contributed by atoms with van der Waals surface area (Å²) in [7, 11) is 1.61. The number of anilines is 2. The molecule has 0 saturated carbocycles. The minimum absolute atomic E-state index is 0.237. The van der Waals surface area contributed by atoms with Crippen molar-refractivity contribution < 1.29 is 4.74 Å². The second kappa shape index (κ2) is 8.24. The van der Waals surface area contributed by atoms with E-state index in [1.807, 2.05) is 48.5 Å². The summed E-state index contributed by atoms with van der Waals surface area (Å²) < 4.78 is 6.62. The molecule has 3 N–H and O–H groups in total. The van der Waals surface area contributed by atoms with Gasteiger partial charge in [0.25, 0.3) is 11.3 Å². The van der Waals surface area contributed by atoms with Crippen LogP contribution in [0.15, 0.2) is 59.4 Å². The first-order valence-corrected chi connectivity index (χ1v) is 9.34. The molecular weight excluding hydrogens is 392 g/mol. The molecule has 148 valence electrons. The molecule has 0 fully saturated rings. The zero-order valence-corrected chi connectivity index (χ0v) is 16.4. The number of aromatic amines is 1. The molecule has 0 aliphatic rings. The van der Waals surface area contributed by atoms with Crippen LogP contribution in [-0.2, 0) is 13.1 Å². The Bertz CT molecular complexity index is 1190. The molecular formula is C20H19ClN6O2. The van der Waals surface area contributed by atoms with E-state index in [0.29, 0.717) is 35.5 Å². The Morgan fingerprint density at radius 3 is 2.66 bits per heavy atom. The fourth-order valence-corrected chi connectivity index (χ4v) is 2.99. The van der Waals surface area contributed by atoms with Crippen LogP contribution in [-0.4, -0.2) is 26.7 Å². The highest BCUT2D eigenvalue weighted by molar-refractivity contribution is 6.30. The molecule has 8 nitrogen and oxygen atoms in total. The van der Waals surface area contributed by atoms with E-state index in [9.17, 15) is 4.79 Å². The average molecular weight is 411 g/mol. The maximum Gasteiger partial charge on any atom is 0.274 e. The largest absolute Gasteiger partial charge is 0.495 e. The number of methoxy groups -OCH3 is 1. The first-order valence-electron chi connectivity index (χ1n) is 8.96. The van der Waals surface area contributed by atoms with Crippen molar-refractivity contribution in [3.05, 3.63) is 81.2 Å². The minimum Gasteiger partial charge on any atom is -0.495 e. The molecule has 0 aliphatic carbocycles. The van der Waals surface area contributed by atoms with E-state index in [1.165, 1.54) is 10.6 Å². The van der Waals surface area contributed by atoms with Crippen LogP contribution in [0.2, 0.25) is 5.02 Å². The summed E-state index contributed by atoms with van der Waals surface area (Å²) >= 11 is 5.90. The smallest absolute Gasteiger partial charge is 0.274 e. The minimum atomic E-state index is -0.237. The lowest BCUT2D eigenvalue weighted by Gasteiger charge is -2.10. The van der Waals surface area contributed by atoms with Crippen molar-refractivity contribution in [1.82, 2.24) is 19.6 Å².